The Morgan fingerprint density at radius 3 is 2.45 bits per heavy atom. The van der Waals surface area contributed by atoms with Gasteiger partial charge in [-0.1, -0.05) is 26.0 Å². The van der Waals surface area contributed by atoms with Crippen LogP contribution in [0.2, 0.25) is 0 Å². The second-order valence-corrected chi connectivity index (χ2v) is 5.33. The lowest BCUT2D eigenvalue weighted by molar-refractivity contribution is -0.123. The largest absolute Gasteiger partial charge is 0.358 e. The molecule has 1 aromatic rings. The van der Waals surface area contributed by atoms with Crippen molar-refractivity contribution < 1.29 is 13.6 Å². The average Bonchev–Trinajstić information content (AvgIpc) is 2.39. The molecule has 3 nitrogen and oxygen atoms in total. The van der Waals surface area contributed by atoms with Gasteiger partial charge in [0.1, 0.15) is 0 Å². The Labute approximate surface area is 118 Å². The first-order valence-electron chi connectivity index (χ1n) is 6.78. The molecule has 2 N–H and O–H groups in total. The van der Waals surface area contributed by atoms with Crippen LogP contribution < -0.4 is 10.6 Å². The van der Waals surface area contributed by atoms with E-state index in [9.17, 15) is 13.6 Å². The van der Waals surface area contributed by atoms with Gasteiger partial charge in [0.2, 0.25) is 5.91 Å². The molecule has 112 valence electrons. The second kappa shape index (κ2) is 7.33. The predicted octanol–water partition coefficient (Wildman–Crippen LogP) is 2.78. The van der Waals surface area contributed by atoms with E-state index in [-0.39, 0.29) is 11.5 Å². The number of carbonyl (C=O) groups excluding carboxylic acids is 1. The quantitative estimate of drug-likeness (QED) is 0.843. The Morgan fingerprint density at radius 2 is 1.90 bits per heavy atom. The fraction of sp³-hybridized carbons (Fsp3) is 0.533. The number of hydrogen-bond donors (Lipinski definition) is 2. The van der Waals surface area contributed by atoms with E-state index in [1.165, 1.54) is 12.1 Å². The summed E-state index contributed by atoms with van der Waals surface area (Å²) in [6.07, 6.45) is 0.626. The van der Waals surface area contributed by atoms with Crippen LogP contribution in [0.15, 0.2) is 18.2 Å². The Bertz CT molecular complexity index is 463. The molecule has 0 aromatic heterocycles. The molecule has 0 spiro atoms. The molecule has 20 heavy (non-hydrogen) atoms. The Kier molecular flexibility index (Phi) is 6.07. The van der Waals surface area contributed by atoms with E-state index < -0.39 is 23.7 Å². The van der Waals surface area contributed by atoms with E-state index in [2.05, 4.69) is 10.6 Å². The van der Waals surface area contributed by atoms with Crippen LogP contribution >= 0.6 is 0 Å². The molecule has 0 saturated heterocycles. The number of halogens is 2. The van der Waals surface area contributed by atoms with Gasteiger partial charge < -0.3 is 5.32 Å². The first kappa shape index (κ1) is 16.6. The number of benzene rings is 1. The number of nitrogens with one attached hydrogen (secondary N) is 2. The van der Waals surface area contributed by atoms with Gasteiger partial charge in [0, 0.05) is 18.7 Å². The maximum Gasteiger partial charge on any atom is 0.236 e. The molecule has 2 unspecified atom stereocenters. The predicted molar refractivity (Wildman–Crippen MR) is 75.2 cm³/mol. The summed E-state index contributed by atoms with van der Waals surface area (Å²) in [5.41, 5.74) is 0.225. The highest BCUT2D eigenvalue weighted by Crippen LogP contribution is 2.20. The lowest BCUT2D eigenvalue weighted by Crippen LogP contribution is -2.44. The molecular formula is C15H22F2N2O. The van der Waals surface area contributed by atoms with Crippen molar-refractivity contribution in [3.05, 3.63) is 35.4 Å². The van der Waals surface area contributed by atoms with E-state index in [1.807, 2.05) is 13.8 Å². The van der Waals surface area contributed by atoms with Crippen LogP contribution in [0.5, 0.6) is 0 Å². The molecule has 0 aliphatic rings. The molecule has 0 heterocycles. The SMILES string of the molecule is CNC(=O)C(CC(C)C)NC(C)c1cccc(F)c1F. The summed E-state index contributed by atoms with van der Waals surface area (Å²) in [6.45, 7) is 5.73. The molecule has 5 heteroatoms. The van der Waals surface area contributed by atoms with E-state index in [4.69, 9.17) is 0 Å². The monoisotopic (exact) mass is 284 g/mol. The van der Waals surface area contributed by atoms with Crippen molar-refractivity contribution in [2.45, 2.75) is 39.3 Å². The summed E-state index contributed by atoms with van der Waals surface area (Å²) < 4.78 is 27.0. The van der Waals surface area contributed by atoms with Crippen LogP contribution in [0.4, 0.5) is 8.78 Å². The molecule has 0 fully saturated rings. The lowest BCUT2D eigenvalue weighted by Gasteiger charge is -2.24. The average molecular weight is 284 g/mol. The molecule has 0 bridgehead atoms. The fourth-order valence-corrected chi connectivity index (χ4v) is 2.14. The summed E-state index contributed by atoms with van der Waals surface area (Å²) in [4.78, 5) is 11.8. The third kappa shape index (κ3) is 4.27. The first-order valence-corrected chi connectivity index (χ1v) is 6.78. The highest BCUT2D eigenvalue weighted by atomic mass is 19.2. The third-order valence-electron chi connectivity index (χ3n) is 3.17. The summed E-state index contributed by atoms with van der Waals surface area (Å²) in [7, 11) is 1.56. The van der Waals surface area contributed by atoms with Gasteiger partial charge in [-0.25, -0.2) is 8.78 Å². The maximum absolute atomic E-state index is 13.7. The van der Waals surface area contributed by atoms with Gasteiger partial charge in [0.15, 0.2) is 11.6 Å². The minimum absolute atomic E-state index is 0.151. The number of carbonyl (C=O) groups is 1. The highest BCUT2D eigenvalue weighted by Gasteiger charge is 2.23. The van der Waals surface area contributed by atoms with Crippen LogP contribution in [0.1, 0.15) is 38.8 Å². The van der Waals surface area contributed by atoms with Gasteiger partial charge in [0.25, 0.3) is 0 Å². The smallest absolute Gasteiger partial charge is 0.236 e. The molecule has 0 aliphatic heterocycles. The molecule has 1 rings (SSSR count). The fourth-order valence-electron chi connectivity index (χ4n) is 2.14. The van der Waals surface area contributed by atoms with Crippen molar-refractivity contribution in [2.24, 2.45) is 5.92 Å². The van der Waals surface area contributed by atoms with Crippen molar-refractivity contribution in [3.8, 4) is 0 Å². The zero-order chi connectivity index (χ0) is 15.3. The number of hydrogen-bond acceptors (Lipinski definition) is 2. The Morgan fingerprint density at radius 1 is 1.25 bits per heavy atom. The Balaban J connectivity index is 2.87. The van der Waals surface area contributed by atoms with Crippen LogP contribution in [0.3, 0.4) is 0 Å². The summed E-state index contributed by atoms with van der Waals surface area (Å²) >= 11 is 0. The van der Waals surface area contributed by atoms with Gasteiger partial charge >= 0.3 is 0 Å². The molecular weight excluding hydrogens is 262 g/mol. The summed E-state index contributed by atoms with van der Waals surface area (Å²) in [5.74, 6) is -1.58. The maximum atomic E-state index is 13.7. The van der Waals surface area contributed by atoms with Gasteiger partial charge in [-0.05, 0) is 25.3 Å². The van der Waals surface area contributed by atoms with Crippen molar-refractivity contribution in [2.75, 3.05) is 7.05 Å². The number of amides is 1. The molecule has 1 amide bonds. The number of likely N-dealkylation sites (N-methyl/N-ethyl adjacent to an activating group) is 1. The minimum Gasteiger partial charge on any atom is -0.358 e. The molecule has 0 radical (unpaired) electrons. The van der Waals surface area contributed by atoms with E-state index in [0.717, 1.165) is 6.07 Å². The highest BCUT2D eigenvalue weighted by molar-refractivity contribution is 5.81. The van der Waals surface area contributed by atoms with Crippen molar-refractivity contribution in [3.63, 3.8) is 0 Å². The number of rotatable bonds is 6. The normalized spacial score (nSPS) is 14.2. The van der Waals surface area contributed by atoms with E-state index in [0.29, 0.717) is 12.3 Å². The standard InChI is InChI=1S/C15H22F2N2O/c1-9(2)8-13(15(20)18-4)19-10(3)11-6-5-7-12(16)14(11)17/h5-7,9-10,13,19H,8H2,1-4H3,(H,18,20). The molecule has 0 saturated carbocycles. The van der Waals surface area contributed by atoms with Crippen molar-refractivity contribution >= 4 is 5.91 Å². The second-order valence-electron chi connectivity index (χ2n) is 5.33. The van der Waals surface area contributed by atoms with E-state index >= 15 is 0 Å². The minimum atomic E-state index is -0.878. The van der Waals surface area contributed by atoms with Gasteiger partial charge in [-0.2, -0.15) is 0 Å². The molecule has 2 atom stereocenters. The molecule has 1 aromatic carbocycles. The van der Waals surface area contributed by atoms with E-state index in [1.54, 1.807) is 14.0 Å². The van der Waals surface area contributed by atoms with Gasteiger partial charge in [0.05, 0.1) is 6.04 Å². The Hall–Kier alpha value is -1.49. The van der Waals surface area contributed by atoms with Crippen LogP contribution in [0.25, 0.3) is 0 Å². The van der Waals surface area contributed by atoms with Crippen LogP contribution in [0, 0.1) is 17.6 Å². The molecule has 0 aliphatic carbocycles. The van der Waals surface area contributed by atoms with Gasteiger partial charge in [-0.15, -0.1) is 0 Å². The zero-order valence-electron chi connectivity index (χ0n) is 12.3. The van der Waals surface area contributed by atoms with Crippen LogP contribution in [-0.4, -0.2) is 19.0 Å². The summed E-state index contributed by atoms with van der Waals surface area (Å²) in [6, 6.07) is 3.18. The third-order valence-corrected chi connectivity index (χ3v) is 3.17. The topological polar surface area (TPSA) is 41.1 Å². The van der Waals surface area contributed by atoms with Crippen molar-refractivity contribution in [1.82, 2.24) is 10.6 Å². The van der Waals surface area contributed by atoms with Crippen LogP contribution in [-0.2, 0) is 4.79 Å². The zero-order valence-corrected chi connectivity index (χ0v) is 12.3. The first-order chi connectivity index (χ1) is 9.36. The van der Waals surface area contributed by atoms with Crippen molar-refractivity contribution in [1.29, 1.82) is 0 Å². The lowest BCUT2D eigenvalue weighted by atomic mass is 10.0. The summed E-state index contributed by atoms with van der Waals surface area (Å²) in [5, 5.41) is 5.65. The van der Waals surface area contributed by atoms with Gasteiger partial charge in [-0.3, -0.25) is 10.1 Å².